The summed E-state index contributed by atoms with van der Waals surface area (Å²) in [5.74, 6) is -0.360. The van der Waals surface area contributed by atoms with Crippen molar-refractivity contribution in [2.24, 2.45) is 0 Å². The third-order valence-corrected chi connectivity index (χ3v) is 2.72. The first-order chi connectivity index (χ1) is 8.13. The summed E-state index contributed by atoms with van der Waals surface area (Å²) >= 11 is 0. The fourth-order valence-electron chi connectivity index (χ4n) is 2.02. The molecule has 1 aliphatic rings. The topological polar surface area (TPSA) is 63.2 Å². The lowest BCUT2D eigenvalue weighted by Gasteiger charge is -2.40. The summed E-state index contributed by atoms with van der Waals surface area (Å²) in [5.41, 5.74) is 0. The molecule has 0 N–H and O–H groups in total. The van der Waals surface area contributed by atoms with E-state index in [4.69, 9.17) is 23.7 Å². The maximum atomic E-state index is 11.0. The van der Waals surface area contributed by atoms with Crippen LogP contribution in [-0.2, 0) is 28.5 Å². The average molecular weight is 248 g/mol. The van der Waals surface area contributed by atoms with E-state index in [0.29, 0.717) is 6.61 Å². The standard InChI is InChI=1S/C11H20O6/c1-7(12)17-9-6-16-8(5-13-2)10(14-3)11(9)15-4/h8-11H,5-6H2,1-4H3/t8-,9-,10-,11-/m1/s1. The number of methoxy groups -OCH3 is 3. The molecule has 1 aliphatic heterocycles. The van der Waals surface area contributed by atoms with Gasteiger partial charge in [0.25, 0.3) is 0 Å². The first-order valence-corrected chi connectivity index (χ1v) is 5.47. The van der Waals surface area contributed by atoms with Crippen LogP contribution in [0.2, 0.25) is 0 Å². The van der Waals surface area contributed by atoms with Gasteiger partial charge in [-0.25, -0.2) is 0 Å². The maximum Gasteiger partial charge on any atom is 0.303 e. The third-order valence-electron chi connectivity index (χ3n) is 2.72. The van der Waals surface area contributed by atoms with Gasteiger partial charge in [-0.3, -0.25) is 4.79 Å². The first kappa shape index (κ1) is 14.4. The Hall–Kier alpha value is -0.690. The van der Waals surface area contributed by atoms with Crippen molar-refractivity contribution in [3.63, 3.8) is 0 Å². The summed E-state index contributed by atoms with van der Waals surface area (Å²) in [5, 5.41) is 0. The van der Waals surface area contributed by atoms with Gasteiger partial charge < -0.3 is 23.7 Å². The zero-order chi connectivity index (χ0) is 12.8. The number of rotatable bonds is 5. The van der Waals surface area contributed by atoms with E-state index >= 15 is 0 Å². The second kappa shape index (κ2) is 6.90. The SMILES string of the molecule is COC[C@H]1OC[C@@H](OC(C)=O)[C@@H](OC)[C@@H]1OC. The molecular formula is C11H20O6. The zero-order valence-corrected chi connectivity index (χ0v) is 10.7. The van der Waals surface area contributed by atoms with Crippen molar-refractivity contribution in [3.05, 3.63) is 0 Å². The van der Waals surface area contributed by atoms with E-state index in [1.807, 2.05) is 0 Å². The highest BCUT2D eigenvalue weighted by atomic mass is 16.6. The summed E-state index contributed by atoms with van der Waals surface area (Å²) in [6, 6.07) is 0. The molecule has 17 heavy (non-hydrogen) atoms. The highest BCUT2D eigenvalue weighted by molar-refractivity contribution is 5.66. The molecule has 1 rings (SSSR count). The molecule has 0 aromatic heterocycles. The predicted molar refractivity (Wildman–Crippen MR) is 58.8 cm³/mol. The summed E-state index contributed by atoms with van der Waals surface area (Å²) in [7, 11) is 4.72. The van der Waals surface area contributed by atoms with Gasteiger partial charge in [0.2, 0.25) is 0 Å². The molecule has 0 aromatic rings. The molecule has 0 aromatic carbocycles. The lowest BCUT2D eigenvalue weighted by atomic mass is 10.00. The molecule has 0 amide bonds. The van der Waals surface area contributed by atoms with E-state index in [-0.39, 0.29) is 30.9 Å². The number of ether oxygens (including phenoxy) is 5. The van der Waals surface area contributed by atoms with Crippen LogP contribution in [0, 0.1) is 0 Å². The zero-order valence-electron chi connectivity index (χ0n) is 10.7. The van der Waals surface area contributed by atoms with Crippen LogP contribution in [0.25, 0.3) is 0 Å². The molecular weight excluding hydrogens is 228 g/mol. The van der Waals surface area contributed by atoms with Gasteiger partial charge in [0, 0.05) is 28.3 Å². The average Bonchev–Trinajstić information content (AvgIpc) is 2.30. The molecule has 0 aliphatic carbocycles. The molecule has 6 nitrogen and oxygen atoms in total. The highest BCUT2D eigenvalue weighted by Crippen LogP contribution is 2.23. The van der Waals surface area contributed by atoms with Gasteiger partial charge in [0.05, 0.1) is 13.2 Å². The molecule has 4 atom stereocenters. The molecule has 0 bridgehead atoms. The second-order valence-electron chi connectivity index (χ2n) is 3.88. The van der Waals surface area contributed by atoms with E-state index < -0.39 is 6.10 Å². The lowest BCUT2D eigenvalue weighted by Crippen LogP contribution is -2.57. The van der Waals surface area contributed by atoms with Crippen LogP contribution >= 0.6 is 0 Å². The van der Waals surface area contributed by atoms with Gasteiger partial charge >= 0.3 is 5.97 Å². The molecule has 1 fully saturated rings. The van der Waals surface area contributed by atoms with Crippen molar-refractivity contribution in [3.8, 4) is 0 Å². The fourth-order valence-corrected chi connectivity index (χ4v) is 2.02. The highest BCUT2D eigenvalue weighted by Gasteiger charge is 2.42. The van der Waals surface area contributed by atoms with E-state index in [1.165, 1.54) is 6.92 Å². The maximum absolute atomic E-state index is 11.0. The summed E-state index contributed by atoms with van der Waals surface area (Å²) < 4.78 is 26.5. The number of hydrogen-bond donors (Lipinski definition) is 0. The van der Waals surface area contributed by atoms with Crippen molar-refractivity contribution in [2.45, 2.75) is 31.3 Å². The molecule has 0 unspecified atom stereocenters. The fraction of sp³-hybridized carbons (Fsp3) is 0.909. The summed E-state index contributed by atoms with van der Waals surface area (Å²) in [4.78, 5) is 11.0. The van der Waals surface area contributed by atoms with Crippen molar-refractivity contribution in [1.82, 2.24) is 0 Å². The monoisotopic (exact) mass is 248 g/mol. The second-order valence-corrected chi connectivity index (χ2v) is 3.88. The van der Waals surface area contributed by atoms with Crippen molar-refractivity contribution in [1.29, 1.82) is 0 Å². The Bertz CT molecular complexity index is 244. The summed E-state index contributed by atoms with van der Waals surface area (Å²) in [6.07, 6.45) is -1.34. The van der Waals surface area contributed by atoms with Crippen molar-refractivity contribution < 1.29 is 28.5 Å². The van der Waals surface area contributed by atoms with Gasteiger partial charge in [0.1, 0.15) is 18.3 Å². The number of hydrogen-bond acceptors (Lipinski definition) is 6. The van der Waals surface area contributed by atoms with Crippen LogP contribution in [0.4, 0.5) is 0 Å². The predicted octanol–water partition coefficient (Wildman–Crippen LogP) is -0.00670. The molecule has 0 saturated carbocycles. The quantitative estimate of drug-likeness (QED) is 0.638. The normalized spacial score (nSPS) is 33.4. The van der Waals surface area contributed by atoms with E-state index in [9.17, 15) is 4.79 Å². The lowest BCUT2D eigenvalue weighted by molar-refractivity contribution is -0.223. The Morgan fingerprint density at radius 2 is 1.88 bits per heavy atom. The van der Waals surface area contributed by atoms with Crippen LogP contribution in [0.15, 0.2) is 0 Å². The summed E-state index contributed by atoms with van der Waals surface area (Å²) in [6.45, 7) is 2.05. The largest absolute Gasteiger partial charge is 0.457 e. The minimum Gasteiger partial charge on any atom is -0.457 e. The van der Waals surface area contributed by atoms with Gasteiger partial charge in [-0.05, 0) is 0 Å². The Kier molecular flexibility index (Phi) is 5.84. The smallest absolute Gasteiger partial charge is 0.303 e. The van der Waals surface area contributed by atoms with Crippen molar-refractivity contribution >= 4 is 5.97 Å². The van der Waals surface area contributed by atoms with Gasteiger partial charge in [-0.2, -0.15) is 0 Å². The molecule has 6 heteroatoms. The van der Waals surface area contributed by atoms with Crippen LogP contribution in [0.5, 0.6) is 0 Å². The Morgan fingerprint density at radius 1 is 1.24 bits per heavy atom. The van der Waals surface area contributed by atoms with Crippen LogP contribution in [0.1, 0.15) is 6.92 Å². The molecule has 1 saturated heterocycles. The molecule has 0 radical (unpaired) electrons. The Labute approximate surface area is 101 Å². The first-order valence-electron chi connectivity index (χ1n) is 5.47. The van der Waals surface area contributed by atoms with Crippen LogP contribution in [0.3, 0.4) is 0 Å². The van der Waals surface area contributed by atoms with E-state index in [2.05, 4.69) is 0 Å². The molecule has 0 spiro atoms. The molecule has 1 heterocycles. The minimum absolute atomic E-state index is 0.221. The van der Waals surface area contributed by atoms with Crippen LogP contribution < -0.4 is 0 Å². The number of carbonyl (C=O) groups is 1. The Balaban J connectivity index is 2.70. The van der Waals surface area contributed by atoms with Gasteiger partial charge in [-0.15, -0.1) is 0 Å². The minimum atomic E-state index is -0.449. The van der Waals surface area contributed by atoms with E-state index in [0.717, 1.165) is 0 Å². The van der Waals surface area contributed by atoms with Crippen molar-refractivity contribution in [2.75, 3.05) is 34.5 Å². The molecule has 100 valence electrons. The Morgan fingerprint density at radius 3 is 2.35 bits per heavy atom. The van der Waals surface area contributed by atoms with Crippen LogP contribution in [-0.4, -0.2) is 64.9 Å². The van der Waals surface area contributed by atoms with Gasteiger partial charge in [0.15, 0.2) is 6.10 Å². The van der Waals surface area contributed by atoms with E-state index in [1.54, 1.807) is 21.3 Å². The van der Waals surface area contributed by atoms with Gasteiger partial charge in [-0.1, -0.05) is 0 Å². The number of carbonyl (C=O) groups excluding carboxylic acids is 1. The third kappa shape index (κ3) is 3.64. The number of esters is 1.